The number of amides is 1. The highest BCUT2D eigenvalue weighted by Gasteiger charge is 2.35. The zero-order chi connectivity index (χ0) is 19.4. The van der Waals surface area contributed by atoms with Gasteiger partial charge in [-0.1, -0.05) is 12.8 Å². The van der Waals surface area contributed by atoms with Crippen molar-refractivity contribution in [2.75, 3.05) is 39.8 Å². The second kappa shape index (κ2) is 8.67. The number of likely N-dealkylation sites (tertiary alicyclic amines) is 2. The van der Waals surface area contributed by atoms with Gasteiger partial charge in [-0.05, 0) is 25.7 Å². The summed E-state index contributed by atoms with van der Waals surface area (Å²) in [6.07, 6.45) is 1.68. The Morgan fingerprint density at radius 3 is 2.30 bits per heavy atom. The molecule has 0 spiro atoms. The first-order chi connectivity index (χ1) is 12.8. The zero-order valence-corrected chi connectivity index (χ0v) is 15.9. The molecule has 2 unspecified atom stereocenters. The fourth-order valence-corrected chi connectivity index (χ4v) is 4.41. The van der Waals surface area contributed by atoms with Crippen molar-refractivity contribution in [3.8, 4) is 0 Å². The minimum atomic E-state index is -4.16. The molecule has 9 heteroatoms. The molecule has 3 rings (SSSR count). The van der Waals surface area contributed by atoms with Crippen LogP contribution in [0.1, 0.15) is 38.5 Å². The summed E-state index contributed by atoms with van der Waals surface area (Å²) in [5, 5.41) is 6.57. The van der Waals surface area contributed by atoms with Crippen LogP contribution in [-0.2, 0) is 4.79 Å². The molecule has 2 N–H and O–H groups in total. The summed E-state index contributed by atoms with van der Waals surface area (Å²) in [5.74, 6) is 1.08. The molecule has 27 heavy (non-hydrogen) atoms. The van der Waals surface area contributed by atoms with Gasteiger partial charge >= 0.3 is 6.18 Å². The minimum absolute atomic E-state index is 0.0452. The van der Waals surface area contributed by atoms with Crippen LogP contribution < -0.4 is 10.6 Å². The van der Waals surface area contributed by atoms with Crippen LogP contribution in [0.15, 0.2) is 4.99 Å². The molecule has 1 aliphatic carbocycles. The number of hydrogen-bond donors (Lipinski definition) is 2. The normalized spacial score (nSPS) is 28.1. The smallest absolute Gasteiger partial charge is 0.352 e. The van der Waals surface area contributed by atoms with Gasteiger partial charge in [0.05, 0.1) is 6.54 Å². The lowest BCUT2D eigenvalue weighted by Gasteiger charge is -2.23. The van der Waals surface area contributed by atoms with Crippen molar-refractivity contribution < 1.29 is 18.0 Å². The number of rotatable bonds is 4. The van der Waals surface area contributed by atoms with E-state index in [1.54, 1.807) is 7.05 Å². The average Bonchev–Trinajstić information content (AvgIpc) is 3.34. The van der Waals surface area contributed by atoms with E-state index in [4.69, 9.17) is 0 Å². The van der Waals surface area contributed by atoms with Gasteiger partial charge in [0.15, 0.2) is 5.96 Å². The second-order valence-electron chi connectivity index (χ2n) is 7.95. The third-order valence-electron chi connectivity index (χ3n) is 5.78. The standard InChI is InChI=1S/C18H30F3N5O/c1-22-17(23-14-6-8-25(10-14)12-18(19,20)21)24-15-7-9-26(11-15)16(27)13-4-2-3-5-13/h13-15H,2-12H2,1H3,(H2,22,23,24). The molecule has 3 aliphatic rings. The van der Waals surface area contributed by atoms with Crippen LogP contribution in [0.25, 0.3) is 0 Å². The lowest BCUT2D eigenvalue weighted by Crippen LogP contribution is -2.49. The van der Waals surface area contributed by atoms with Gasteiger partial charge in [0, 0.05) is 51.2 Å². The molecule has 0 radical (unpaired) electrons. The molecular weight excluding hydrogens is 359 g/mol. The molecule has 2 aliphatic heterocycles. The highest BCUT2D eigenvalue weighted by Crippen LogP contribution is 2.28. The van der Waals surface area contributed by atoms with Gasteiger partial charge in [-0.3, -0.25) is 14.7 Å². The molecule has 0 bridgehead atoms. The highest BCUT2D eigenvalue weighted by molar-refractivity contribution is 5.81. The lowest BCUT2D eigenvalue weighted by molar-refractivity contribution is -0.143. The van der Waals surface area contributed by atoms with Crippen LogP contribution in [0, 0.1) is 5.92 Å². The highest BCUT2D eigenvalue weighted by atomic mass is 19.4. The molecule has 2 atom stereocenters. The van der Waals surface area contributed by atoms with E-state index in [1.807, 2.05) is 4.90 Å². The number of nitrogens with zero attached hydrogens (tertiary/aromatic N) is 3. The average molecular weight is 389 g/mol. The van der Waals surface area contributed by atoms with Gasteiger partial charge in [-0.25, -0.2) is 0 Å². The van der Waals surface area contributed by atoms with Crippen LogP contribution in [0.5, 0.6) is 0 Å². The van der Waals surface area contributed by atoms with E-state index < -0.39 is 12.7 Å². The summed E-state index contributed by atoms with van der Waals surface area (Å²) in [6.45, 7) is 1.35. The first kappa shape index (κ1) is 20.2. The third-order valence-corrected chi connectivity index (χ3v) is 5.78. The van der Waals surface area contributed by atoms with Gasteiger partial charge in [0.25, 0.3) is 0 Å². The van der Waals surface area contributed by atoms with E-state index in [9.17, 15) is 18.0 Å². The Labute approximate surface area is 158 Å². The second-order valence-corrected chi connectivity index (χ2v) is 7.95. The van der Waals surface area contributed by atoms with Crippen LogP contribution in [0.2, 0.25) is 0 Å². The Morgan fingerprint density at radius 2 is 1.67 bits per heavy atom. The number of halogens is 3. The molecule has 0 aromatic rings. The molecule has 3 fully saturated rings. The molecule has 0 aromatic heterocycles. The Bertz CT molecular complexity index is 548. The summed E-state index contributed by atoms with van der Waals surface area (Å²) in [6, 6.07) is 0.0883. The van der Waals surface area contributed by atoms with E-state index in [0.717, 1.165) is 38.6 Å². The zero-order valence-electron chi connectivity index (χ0n) is 15.9. The maximum Gasteiger partial charge on any atom is 0.401 e. The molecule has 2 heterocycles. The number of carbonyl (C=O) groups excluding carboxylic acids is 1. The summed E-state index contributed by atoms with van der Waals surface area (Å²) >= 11 is 0. The van der Waals surface area contributed by atoms with E-state index in [-0.39, 0.29) is 23.9 Å². The maximum absolute atomic E-state index is 12.5. The Balaban J connectivity index is 1.42. The molecule has 1 amide bonds. The third kappa shape index (κ3) is 5.73. The SMILES string of the molecule is CN=C(NC1CCN(CC(F)(F)F)C1)NC1CCN(C(=O)C2CCCC2)C1. The van der Waals surface area contributed by atoms with E-state index in [2.05, 4.69) is 15.6 Å². The lowest BCUT2D eigenvalue weighted by atomic mass is 10.1. The van der Waals surface area contributed by atoms with E-state index in [1.165, 1.54) is 4.90 Å². The van der Waals surface area contributed by atoms with E-state index >= 15 is 0 Å². The number of carbonyl (C=O) groups is 1. The van der Waals surface area contributed by atoms with Crippen LogP contribution in [0.3, 0.4) is 0 Å². The van der Waals surface area contributed by atoms with Crippen molar-refractivity contribution in [1.29, 1.82) is 0 Å². The van der Waals surface area contributed by atoms with Crippen LogP contribution >= 0.6 is 0 Å². The monoisotopic (exact) mass is 389 g/mol. The maximum atomic E-state index is 12.5. The van der Waals surface area contributed by atoms with Gasteiger partial charge in [0.1, 0.15) is 0 Å². The van der Waals surface area contributed by atoms with E-state index in [0.29, 0.717) is 32.0 Å². The number of guanidine groups is 1. The molecule has 2 saturated heterocycles. The van der Waals surface area contributed by atoms with Crippen LogP contribution in [0.4, 0.5) is 13.2 Å². The van der Waals surface area contributed by atoms with Crippen molar-refractivity contribution in [3.63, 3.8) is 0 Å². The number of aliphatic imine (C=N–C) groups is 1. The van der Waals surface area contributed by atoms with Crippen molar-refractivity contribution in [3.05, 3.63) is 0 Å². The minimum Gasteiger partial charge on any atom is -0.352 e. The van der Waals surface area contributed by atoms with Crippen molar-refractivity contribution in [2.45, 2.75) is 56.8 Å². The summed E-state index contributed by atoms with van der Waals surface area (Å²) in [5.41, 5.74) is 0. The molecule has 154 valence electrons. The van der Waals surface area contributed by atoms with Crippen molar-refractivity contribution in [2.24, 2.45) is 10.9 Å². The quantitative estimate of drug-likeness (QED) is 0.566. The fourth-order valence-electron chi connectivity index (χ4n) is 4.41. The summed E-state index contributed by atoms with van der Waals surface area (Å²) in [7, 11) is 1.66. The predicted octanol–water partition coefficient (Wildman–Crippen LogP) is 1.58. The van der Waals surface area contributed by atoms with Gasteiger partial charge in [-0.15, -0.1) is 0 Å². The number of alkyl halides is 3. The first-order valence-electron chi connectivity index (χ1n) is 9.92. The number of hydrogen-bond acceptors (Lipinski definition) is 3. The first-order valence-corrected chi connectivity index (χ1v) is 9.92. The van der Waals surface area contributed by atoms with Gasteiger partial charge in [-0.2, -0.15) is 13.2 Å². The van der Waals surface area contributed by atoms with Crippen molar-refractivity contribution in [1.82, 2.24) is 20.4 Å². The summed E-state index contributed by atoms with van der Waals surface area (Å²) < 4.78 is 37.6. The summed E-state index contributed by atoms with van der Waals surface area (Å²) in [4.78, 5) is 20.1. The van der Waals surface area contributed by atoms with Crippen LogP contribution in [-0.4, -0.2) is 79.7 Å². The van der Waals surface area contributed by atoms with Gasteiger partial charge in [0.2, 0.25) is 5.91 Å². The Hall–Kier alpha value is -1.51. The van der Waals surface area contributed by atoms with Gasteiger partial charge < -0.3 is 15.5 Å². The predicted molar refractivity (Wildman–Crippen MR) is 97.5 cm³/mol. The topological polar surface area (TPSA) is 60.0 Å². The fraction of sp³-hybridized carbons (Fsp3) is 0.889. The molecule has 1 saturated carbocycles. The molecular formula is C18H30F3N5O. The molecule has 0 aromatic carbocycles. The molecule has 6 nitrogen and oxygen atoms in total. The Kier molecular flexibility index (Phi) is 6.49. The largest absolute Gasteiger partial charge is 0.401 e. The Morgan fingerprint density at radius 1 is 1.04 bits per heavy atom. The number of nitrogens with one attached hydrogen (secondary N) is 2. The van der Waals surface area contributed by atoms with Crippen molar-refractivity contribution >= 4 is 11.9 Å².